The van der Waals surface area contributed by atoms with Crippen LogP contribution in [0.3, 0.4) is 0 Å². The minimum absolute atomic E-state index is 0.0494. The van der Waals surface area contributed by atoms with Crippen LogP contribution in [0.2, 0.25) is 0 Å². The molecule has 0 radical (unpaired) electrons. The molecule has 0 aromatic carbocycles. The topological polar surface area (TPSA) is 84.1 Å². The fourth-order valence-electron chi connectivity index (χ4n) is 2.16. The lowest BCUT2D eigenvalue weighted by Gasteiger charge is -2.22. The Morgan fingerprint density at radius 2 is 2.25 bits per heavy atom. The Bertz CT molecular complexity index is 484. The first-order valence-electron chi connectivity index (χ1n) is 7.23. The van der Waals surface area contributed by atoms with Crippen LogP contribution in [-0.4, -0.2) is 33.4 Å². The molecular formula is C14H23N5O. The van der Waals surface area contributed by atoms with Crippen LogP contribution >= 0.6 is 0 Å². The summed E-state index contributed by atoms with van der Waals surface area (Å²) in [6, 6.07) is 0.366. The molecule has 1 fully saturated rings. The van der Waals surface area contributed by atoms with Crippen molar-refractivity contribution in [1.82, 2.24) is 14.9 Å². The van der Waals surface area contributed by atoms with E-state index in [1.54, 1.807) is 6.20 Å². The summed E-state index contributed by atoms with van der Waals surface area (Å²) >= 11 is 0. The first-order valence-corrected chi connectivity index (χ1v) is 7.23. The molecule has 1 aromatic rings. The van der Waals surface area contributed by atoms with Gasteiger partial charge in [0.1, 0.15) is 5.82 Å². The van der Waals surface area contributed by atoms with Crippen LogP contribution in [0.15, 0.2) is 6.20 Å². The Kier molecular flexibility index (Phi) is 4.54. The standard InChI is InChI=1S/C14H23N5O/c1-4-7-19(10-5-6-10)14(20)12-11(18-15)8-16-13(17-12)9(2)3/h8-10,18H,4-7,15H2,1-3H3. The second kappa shape index (κ2) is 6.17. The number of anilines is 1. The predicted octanol–water partition coefficient (Wildman–Crippen LogP) is 1.90. The van der Waals surface area contributed by atoms with Gasteiger partial charge in [-0.05, 0) is 19.3 Å². The second-order valence-corrected chi connectivity index (χ2v) is 5.52. The van der Waals surface area contributed by atoms with Crippen molar-refractivity contribution >= 4 is 11.6 Å². The van der Waals surface area contributed by atoms with E-state index in [0.717, 1.165) is 25.8 Å². The number of hydrogen-bond donors (Lipinski definition) is 2. The Morgan fingerprint density at radius 1 is 1.55 bits per heavy atom. The number of hydrogen-bond acceptors (Lipinski definition) is 5. The molecule has 3 N–H and O–H groups in total. The predicted molar refractivity (Wildman–Crippen MR) is 78.3 cm³/mol. The quantitative estimate of drug-likeness (QED) is 0.613. The van der Waals surface area contributed by atoms with Crippen molar-refractivity contribution in [2.24, 2.45) is 5.84 Å². The third kappa shape index (κ3) is 3.07. The summed E-state index contributed by atoms with van der Waals surface area (Å²) in [7, 11) is 0. The van der Waals surface area contributed by atoms with Crippen LogP contribution in [0.5, 0.6) is 0 Å². The average molecular weight is 277 g/mol. The molecule has 1 aromatic heterocycles. The van der Waals surface area contributed by atoms with E-state index < -0.39 is 0 Å². The summed E-state index contributed by atoms with van der Waals surface area (Å²) < 4.78 is 0. The van der Waals surface area contributed by atoms with Gasteiger partial charge in [-0.3, -0.25) is 10.6 Å². The lowest BCUT2D eigenvalue weighted by Crippen LogP contribution is -2.35. The molecule has 0 unspecified atom stereocenters. The molecule has 1 saturated carbocycles. The molecule has 6 heteroatoms. The number of hydrazine groups is 1. The molecule has 1 heterocycles. The normalized spacial score (nSPS) is 14.4. The molecule has 6 nitrogen and oxygen atoms in total. The van der Waals surface area contributed by atoms with Gasteiger partial charge in [0, 0.05) is 18.5 Å². The maximum absolute atomic E-state index is 12.7. The second-order valence-electron chi connectivity index (χ2n) is 5.52. The van der Waals surface area contributed by atoms with Gasteiger partial charge in [0.2, 0.25) is 0 Å². The van der Waals surface area contributed by atoms with Crippen molar-refractivity contribution in [2.75, 3.05) is 12.0 Å². The highest BCUT2D eigenvalue weighted by Crippen LogP contribution is 2.29. The molecule has 0 bridgehead atoms. The molecular weight excluding hydrogens is 254 g/mol. The molecule has 20 heavy (non-hydrogen) atoms. The van der Waals surface area contributed by atoms with Crippen LogP contribution in [0, 0.1) is 0 Å². The summed E-state index contributed by atoms with van der Waals surface area (Å²) in [6.45, 7) is 6.84. The van der Waals surface area contributed by atoms with Crippen molar-refractivity contribution in [3.8, 4) is 0 Å². The zero-order chi connectivity index (χ0) is 14.7. The molecule has 0 saturated heterocycles. The van der Waals surface area contributed by atoms with Crippen LogP contribution < -0.4 is 11.3 Å². The number of nitrogen functional groups attached to an aromatic ring is 1. The lowest BCUT2D eigenvalue weighted by molar-refractivity contribution is 0.0737. The van der Waals surface area contributed by atoms with Gasteiger partial charge in [-0.15, -0.1) is 0 Å². The summed E-state index contributed by atoms with van der Waals surface area (Å²) in [5, 5.41) is 0. The zero-order valence-corrected chi connectivity index (χ0v) is 12.4. The van der Waals surface area contributed by atoms with Gasteiger partial charge in [0.05, 0.1) is 11.9 Å². The maximum atomic E-state index is 12.7. The Hall–Kier alpha value is -1.69. The minimum Gasteiger partial charge on any atom is -0.334 e. The van der Waals surface area contributed by atoms with Crippen molar-refractivity contribution in [3.63, 3.8) is 0 Å². The Labute approximate surface area is 119 Å². The first-order chi connectivity index (χ1) is 9.58. The van der Waals surface area contributed by atoms with E-state index in [0.29, 0.717) is 23.2 Å². The van der Waals surface area contributed by atoms with Crippen molar-refractivity contribution in [2.45, 2.75) is 52.0 Å². The number of carbonyl (C=O) groups is 1. The minimum atomic E-state index is -0.0494. The van der Waals surface area contributed by atoms with Crippen LogP contribution in [0.4, 0.5) is 5.69 Å². The summed E-state index contributed by atoms with van der Waals surface area (Å²) in [5.74, 6) is 6.27. The SMILES string of the molecule is CCCN(C(=O)c1nc(C(C)C)ncc1NN)C1CC1. The monoisotopic (exact) mass is 277 g/mol. The fraction of sp³-hybridized carbons (Fsp3) is 0.643. The van der Waals surface area contributed by atoms with E-state index in [4.69, 9.17) is 5.84 Å². The molecule has 0 aliphatic heterocycles. The van der Waals surface area contributed by atoms with E-state index in [2.05, 4.69) is 22.3 Å². The average Bonchev–Trinajstić information content (AvgIpc) is 3.27. The lowest BCUT2D eigenvalue weighted by atomic mass is 10.2. The largest absolute Gasteiger partial charge is 0.334 e. The summed E-state index contributed by atoms with van der Waals surface area (Å²) in [4.78, 5) is 23.3. The number of rotatable bonds is 6. The molecule has 1 aliphatic rings. The smallest absolute Gasteiger partial charge is 0.275 e. The number of aromatic nitrogens is 2. The van der Waals surface area contributed by atoms with Crippen LogP contribution in [0.25, 0.3) is 0 Å². The van der Waals surface area contributed by atoms with Crippen molar-refractivity contribution in [3.05, 3.63) is 17.7 Å². The van der Waals surface area contributed by atoms with Gasteiger partial charge >= 0.3 is 0 Å². The van der Waals surface area contributed by atoms with Gasteiger partial charge in [-0.1, -0.05) is 20.8 Å². The number of carbonyl (C=O) groups excluding carboxylic acids is 1. The van der Waals surface area contributed by atoms with Crippen LogP contribution in [0.1, 0.15) is 62.3 Å². The van der Waals surface area contributed by atoms with E-state index in [1.807, 2.05) is 18.7 Å². The number of nitrogens with two attached hydrogens (primary N) is 1. The number of nitrogens with zero attached hydrogens (tertiary/aromatic N) is 3. The zero-order valence-electron chi connectivity index (χ0n) is 12.4. The fourth-order valence-corrected chi connectivity index (χ4v) is 2.16. The molecule has 1 aliphatic carbocycles. The molecule has 0 atom stereocenters. The molecule has 110 valence electrons. The number of nitrogens with one attached hydrogen (secondary N) is 1. The third-order valence-electron chi connectivity index (χ3n) is 3.39. The number of amides is 1. The molecule has 0 spiro atoms. The van der Waals surface area contributed by atoms with Gasteiger partial charge in [-0.2, -0.15) is 0 Å². The van der Waals surface area contributed by atoms with Crippen LogP contribution in [-0.2, 0) is 0 Å². The molecule has 2 rings (SSSR count). The van der Waals surface area contributed by atoms with Crippen molar-refractivity contribution < 1.29 is 4.79 Å². The van der Waals surface area contributed by atoms with Gasteiger partial charge in [0.15, 0.2) is 5.69 Å². The van der Waals surface area contributed by atoms with E-state index in [1.165, 1.54) is 0 Å². The van der Waals surface area contributed by atoms with Gasteiger partial charge in [0.25, 0.3) is 5.91 Å². The maximum Gasteiger partial charge on any atom is 0.275 e. The first kappa shape index (κ1) is 14.7. The Balaban J connectivity index is 2.32. The Morgan fingerprint density at radius 3 is 2.75 bits per heavy atom. The molecule has 1 amide bonds. The van der Waals surface area contributed by atoms with Crippen molar-refractivity contribution in [1.29, 1.82) is 0 Å². The van der Waals surface area contributed by atoms with E-state index in [-0.39, 0.29) is 11.8 Å². The highest BCUT2D eigenvalue weighted by Gasteiger charge is 2.34. The van der Waals surface area contributed by atoms with E-state index >= 15 is 0 Å². The van der Waals surface area contributed by atoms with Gasteiger partial charge in [-0.25, -0.2) is 9.97 Å². The third-order valence-corrected chi connectivity index (χ3v) is 3.39. The van der Waals surface area contributed by atoms with Gasteiger partial charge < -0.3 is 10.3 Å². The highest BCUT2D eigenvalue weighted by molar-refractivity contribution is 5.97. The summed E-state index contributed by atoms with van der Waals surface area (Å²) in [6.07, 6.45) is 4.70. The summed E-state index contributed by atoms with van der Waals surface area (Å²) in [5.41, 5.74) is 3.39. The van der Waals surface area contributed by atoms with E-state index in [9.17, 15) is 4.79 Å². The highest BCUT2D eigenvalue weighted by atomic mass is 16.2.